The lowest BCUT2D eigenvalue weighted by molar-refractivity contribution is -0.145. The summed E-state index contributed by atoms with van der Waals surface area (Å²) in [4.78, 5) is 19.4. The maximum Gasteiger partial charge on any atom is 0.230 e. The topological polar surface area (TPSA) is 59.2 Å². The zero-order chi connectivity index (χ0) is 14.7. The smallest absolute Gasteiger partial charge is 0.230 e. The Labute approximate surface area is 126 Å². The second kappa shape index (κ2) is 6.14. The van der Waals surface area contributed by atoms with Gasteiger partial charge in [0.25, 0.3) is 0 Å². The van der Waals surface area contributed by atoms with Gasteiger partial charge in [0.05, 0.1) is 5.41 Å². The van der Waals surface area contributed by atoms with Gasteiger partial charge in [-0.05, 0) is 37.3 Å². The Morgan fingerprint density at radius 3 is 2.67 bits per heavy atom. The Bertz CT molecular complexity index is 478. The fraction of sp³-hybridized carbons (Fsp3) is 0.647. The van der Waals surface area contributed by atoms with E-state index in [1.807, 2.05) is 18.3 Å². The zero-order valence-electron chi connectivity index (χ0n) is 12.6. The maximum atomic E-state index is 13.2. The van der Waals surface area contributed by atoms with Crippen molar-refractivity contribution in [2.75, 3.05) is 6.54 Å². The van der Waals surface area contributed by atoms with E-state index in [1.165, 1.54) is 6.42 Å². The summed E-state index contributed by atoms with van der Waals surface area (Å²) in [7, 11) is 0. The molecule has 1 amide bonds. The summed E-state index contributed by atoms with van der Waals surface area (Å²) in [5.74, 6) is 0.288. The van der Waals surface area contributed by atoms with Crippen molar-refractivity contribution in [1.29, 1.82) is 0 Å². The van der Waals surface area contributed by atoms with Crippen LogP contribution in [0.4, 0.5) is 0 Å². The average molecular weight is 287 g/mol. The van der Waals surface area contributed by atoms with Gasteiger partial charge >= 0.3 is 0 Å². The number of pyridine rings is 1. The molecule has 1 aromatic heterocycles. The number of nitrogens with zero attached hydrogens (tertiary/aromatic N) is 2. The minimum Gasteiger partial charge on any atom is -0.335 e. The molecule has 0 aliphatic heterocycles. The van der Waals surface area contributed by atoms with Crippen LogP contribution in [0, 0.1) is 5.41 Å². The second-order valence-corrected chi connectivity index (χ2v) is 6.57. The molecule has 2 aliphatic rings. The maximum absolute atomic E-state index is 13.2. The van der Waals surface area contributed by atoms with Crippen molar-refractivity contribution in [2.45, 2.75) is 57.5 Å². The molecule has 0 atom stereocenters. The quantitative estimate of drug-likeness (QED) is 0.905. The van der Waals surface area contributed by atoms with Crippen LogP contribution in [0.2, 0.25) is 0 Å². The summed E-state index contributed by atoms with van der Waals surface area (Å²) in [5, 5.41) is 0. The van der Waals surface area contributed by atoms with E-state index >= 15 is 0 Å². The largest absolute Gasteiger partial charge is 0.335 e. The number of rotatable bonds is 5. The normalized spacial score (nSPS) is 21.0. The molecular weight excluding hydrogens is 262 g/mol. The molecule has 4 heteroatoms. The molecule has 0 bridgehead atoms. The van der Waals surface area contributed by atoms with Crippen LogP contribution >= 0.6 is 0 Å². The van der Waals surface area contributed by atoms with Crippen LogP contribution < -0.4 is 5.73 Å². The molecule has 2 fully saturated rings. The molecular formula is C17H25N3O. The average Bonchev–Trinajstić information content (AvgIpc) is 3.38. The van der Waals surface area contributed by atoms with Crippen LogP contribution in [0.5, 0.6) is 0 Å². The Balaban J connectivity index is 1.78. The number of hydrogen-bond acceptors (Lipinski definition) is 3. The Morgan fingerprint density at radius 1 is 1.33 bits per heavy atom. The van der Waals surface area contributed by atoms with Gasteiger partial charge in [-0.3, -0.25) is 9.78 Å². The van der Waals surface area contributed by atoms with Crippen molar-refractivity contribution in [3.8, 4) is 0 Å². The first-order valence-corrected chi connectivity index (χ1v) is 8.15. The van der Waals surface area contributed by atoms with Crippen LogP contribution in [-0.2, 0) is 11.3 Å². The van der Waals surface area contributed by atoms with Gasteiger partial charge in [0.2, 0.25) is 5.91 Å². The van der Waals surface area contributed by atoms with E-state index in [1.54, 1.807) is 6.20 Å². The molecule has 0 spiro atoms. The minimum atomic E-state index is -0.303. The van der Waals surface area contributed by atoms with Crippen LogP contribution in [0.15, 0.2) is 24.5 Å². The van der Waals surface area contributed by atoms with Crippen molar-refractivity contribution in [1.82, 2.24) is 9.88 Å². The first kappa shape index (κ1) is 14.5. The Kier molecular flexibility index (Phi) is 4.24. The van der Waals surface area contributed by atoms with E-state index < -0.39 is 0 Å². The van der Waals surface area contributed by atoms with E-state index in [0.717, 1.165) is 44.1 Å². The lowest BCUT2D eigenvalue weighted by Crippen LogP contribution is -2.49. The third kappa shape index (κ3) is 3.10. The lowest BCUT2D eigenvalue weighted by atomic mass is 9.73. The standard InChI is InChI=1S/C17H25N3O/c18-13-17(8-2-1-3-9-17)16(21)20(15-6-7-15)12-14-5-4-10-19-11-14/h4-5,10-11,15H,1-3,6-9,12-13,18H2. The van der Waals surface area contributed by atoms with Gasteiger partial charge in [0.15, 0.2) is 0 Å². The number of carbonyl (C=O) groups is 1. The van der Waals surface area contributed by atoms with Crippen LogP contribution in [0.1, 0.15) is 50.5 Å². The van der Waals surface area contributed by atoms with E-state index in [-0.39, 0.29) is 11.3 Å². The predicted molar refractivity (Wildman–Crippen MR) is 82.4 cm³/mol. The van der Waals surface area contributed by atoms with Crippen molar-refractivity contribution in [2.24, 2.45) is 11.1 Å². The zero-order valence-corrected chi connectivity index (χ0v) is 12.6. The monoisotopic (exact) mass is 287 g/mol. The highest BCUT2D eigenvalue weighted by Crippen LogP contribution is 2.40. The van der Waals surface area contributed by atoms with E-state index in [4.69, 9.17) is 5.73 Å². The minimum absolute atomic E-state index is 0.288. The van der Waals surface area contributed by atoms with E-state index in [2.05, 4.69) is 9.88 Å². The highest BCUT2D eigenvalue weighted by Gasteiger charge is 2.44. The van der Waals surface area contributed by atoms with E-state index in [0.29, 0.717) is 19.1 Å². The van der Waals surface area contributed by atoms with Gasteiger partial charge in [-0.25, -0.2) is 0 Å². The SMILES string of the molecule is NCC1(C(=O)N(Cc2cccnc2)C2CC2)CCCCC1. The highest BCUT2D eigenvalue weighted by atomic mass is 16.2. The lowest BCUT2D eigenvalue weighted by Gasteiger charge is -2.39. The molecule has 1 heterocycles. The molecule has 0 aromatic carbocycles. The second-order valence-electron chi connectivity index (χ2n) is 6.57. The van der Waals surface area contributed by atoms with Crippen molar-refractivity contribution in [3.63, 3.8) is 0 Å². The number of amides is 1. The Morgan fingerprint density at radius 2 is 2.10 bits per heavy atom. The summed E-state index contributed by atoms with van der Waals surface area (Å²) in [6.45, 7) is 1.17. The molecule has 2 aliphatic carbocycles. The number of nitrogens with two attached hydrogens (primary N) is 1. The molecule has 21 heavy (non-hydrogen) atoms. The van der Waals surface area contributed by atoms with Crippen molar-refractivity contribution < 1.29 is 4.79 Å². The summed E-state index contributed by atoms with van der Waals surface area (Å²) < 4.78 is 0. The van der Waals surface area contributed by atoms with Gasteiger partial charge in [-0.1, -0.05) is 25.3 Å². The molecule has 0 unspecified atom stereocenters. The van der Waals surface area contributed by atoms with Gasteiger partial charge in [-0.2, -0.15) is 0 Å². The molecule has 1 aromatic rings. The van der Waals surface area contributed by atoms with Gasteiger partial charge < -0.3 is 10.6 Å². The van der Waals surface area contributed by atoms with Crippen LogP contribution in [-0.4, -0.2) is 28.4 Å². The molecule has 2 saturated carbocycles. The van der Waals surface area contributed by atoms with E-state index in [9.17, 15) is 4.79 Å². The molecule has 0 radical (unpaired) electrons. The van der Waals surface area contributed by atoms with Gasteiger partial charge in [-0.15, -0.1) is 0 Å². The molecule has 4 nitrogen and oxygen atoms in total. The fourth-order valence-electron chi connectivity index (χ4n) is 3.48. The summed E-state index contributed by atoms with van der Waals surface area (Å²) in [5.41, 5.74) is 6.84. The third-order valence-corrected chi connectivity index (χ3v) is 4.98. The predicted octanol–water partition coefficient (Wildman–Crippen LogP) is 2.48. The van der Waals surface area contributed by atoms with Gasteiger partial charge in [0, 0.05) is 31.5 Å². The molecule has 2 N–H and O–H groups in total. The van der Waals surface area contributed by atoms with Crippen LogP contribution in [0.25, 0.3) is 0 Å². The molecule has 0 saturated heterocycles. The highest BCUT2D eigenvalue weighted by molar-refractivity contribution is 5.83. The Hall–Kier alpha value is -1.42. The molecule has 114 valence electrons. The summed E-state index contributed by atoms with van der Waals surface area (Å²) >= 11 is 0. The van der Waals surface area contributed by atoms with Crippen molar-refractivity contribution in [3.05, 3.63) is 30.1 Å². The van der Waals surface area contributed by atoms with Crippen LogP contribution in [0.3, 0.4) is 0 Å². The van der Waals surface area contributed by atoms with Crippen molar-refractivity contribution >= 4 is 5.91 Å². The fourth-order valence-corrected chi connectivity index (χ4v) is 3.48. The molecule has 3 rings (SSSR count). The first-order valence-electron chi connectivity index (χ1n) is 8.15. The number of carbonyl (C=O) groups excluding carboxylic acids is 1. The number of hydrogen-bond donors (Lipinski definition) is 1. The summed E-state index contributed by atoms with van der Waals surface area (Å²) in [6.07, 6.45) is 11.3. The first-order chi connectivity index (χ1) is 10.2. The number of aromatic nitrogens is 1. The summed E-state index contributed by atoms with van der Waals surface area (Å²) in [6, 6.07) is 4.40. The third-order valence-electron chi connectivity index (χ3n) is 4.98. The van der Waals surface area contributed by atoms with Gasteiger partial charge in [0.1, 0.15) is 0 Å².